The second kappa shape index (κ2) is 9.70. The molecule has 3 aromatic rings. The maximum absolute atomic E-state index is 12.3. The van der Waals surface area contributed by atoms with Crippen molar-refractivity contribution in [2.75, 3.05) is 6.54 Å². The van der Waals surface area contributed by atoms with Crippen molar-refractivity contribution in [2.24, 2.45) is 5.73 Å². The fraction of sp³-hybridized carbons (Fsp3) is 0.208. The van der Waals surface area contributed by atoms with E-state index in [4.69, 9.17) is 5.73 Å². The first-order valence-corrected chi connectivity index (χ1v) is 9.44. The van der Waals surface area contributed by atoms with Gasteiger partial charge in [0.2, 0.25) is 5.91 Å². The van der Waals surface area contributed by atoms with E-state index in [1.807, 2.05) is 42.5 Å². The van der Waals surface area contributed by atoms with Crippen LogP contribution in [0.15, 0.2) is 78.9 Å². The summed E-state index contributed by atoms with van der Waals surface area (Å²) in [6.07, 6.45) is 2.07. The van der Waals surface area contributed by atoms with Gasteiger partial charge in [0, 0.05) is 13.0 Å². The van der Waals surface area contributed by atoms with Gasteiger partial charge in [0.15, 0.2) is 0 Å². The molecule has 0 heterocycles. The molecule has 0 spiro atoms. The summed E-state index contributed by atoms with van der Waals surface area (Å²) in [6.45, 7) is 1.22. The summed E-state index contributed by atoms with van der Waals surface area (Å²) in [5.74, 6) is 0.0746. The van der Waals surface area contributed by atoms with Gasteiger partial charge >= 0.3 is 0 Å². The Kier molecular flexibility index (Phi) is 6.78. The summed E-state index contributed by atoms with van der Waals surface area (Å²) in [5.41, 5.74) is 11.6. The van der Waals surface area contributed by atoms with Gasteiger partial charge in [0.25, 0.3) is 0 Å². The van der Waals surface area contributed by atoms with Gasteiger partial charge in [-0.1, -0.05) is 78.9 Å². The van der Waals surface area contributed by atoms with E-state index in [0.717, 1.165) is 18.4 Å². The number of benzene rings is 3. The number of amides is 1. The number of nitrogens with two attached hydrogens (primary N) is 1. The van der Waals surface area contributed by atoms with Gasteiger partial charge in [0.05, 0.1) is 0 Å². The van der Waals surface area contributed by atoms with E-state index in [1.54, 1.807) is 0 Å². The summed E-state index contributed by atoms with van der Waals surface area (Å²) in [6, 6.07) is 26.8. The zero-order chi connectivity index (χ0) is 18.9. The summed E-state index contributed by atoms with van der Waals surface area (Å²) in [7, 11) is 0. The molecule has 0 unspecified atom stereocenters. The van der Waals surface area contributed by atoms with E-state index in [-0.39, 0.29) is 5.91 Å². The molecule has 0 fully saturated rings. The van der Waals surface area contributed by atoms with Gasteiger partial charge in [0.1, 0.15) is 0 Å². The number of carbonyl (C=O) groups excluding carboxylic acids is 1. The molecule has 3 heteroatoms. The van der Waals surface area contributed by atoms with Crippen molar-refractivity contribution in [3.63, 3.8) is 0 Å². The molecule has 0 aromatic heterocycles. The highest BCUT2D eigenvalue weighted by Crippen LogP contribution is 2.25. The van der Waals surface area contributed by atoms with Crippen molar-refractivity contribution in [3.8, 4) is 11.1 Å². The number of hydrogen-bond donors (Lipinski definition) is 2. The summed E-state index contributed by atoms with van der Waals surface area (Å²) >= 11 is 0. The molecule has 1 amide bonds. The minimum Gasteiger partial charge on any atom is -0.352 e. The second-order valence-electron chi connectivity index (χ2n) is 6.66. The zero-order valence-corrected chi connectivity index (χ0v) is 15.5. The maximum Gasteiger partial charge on any atom is 0.220 e. The van der Waals surface area contributed by atoms with Crippen LogP contribution in [-0.4, -0.2) is 12.5 Å². The molecule has 3 rings (SSSR count). The monoisotopic (exact) mass is 358 g/mol. The summed E-state index contributed by atoms with van der Waals surface area (Å²) < 4.78 is 0. The fourth-order valence-corrected chi connectivity index (χ4v) is 3.21. The van der Waals surface area contributed by atoms with E-state index in [9.17, 15) is 4.79 Å². The zero-order valence-electron chi connectivity index (χ0n) is 15.5. The molecule has 0 saturated carbocycles. The van der Waals surface area contributed by atoms with Crippen LogP contribution in [0.1, 0.15) is 23.1 Å². The lowest BCUT2D eigenvalue weighted by Gasteiger charge is -2.11. The lowest BCUT2D eigenvalue weighted by atomic mass is 9.95. The third kappa shape index (κ3) is 5.53. The highest BCUT2D eigenvalue weighted by Gasteiger charge is 2.08. The Bertz CT molecular complexity index is 874. The molecule has 138 valence electrons. The van der Waals surface area contributed by atoms with Crippen molar-refractivity contribution in [3.05, 3.63) is 95.6 Å². The Hall–Kier alpha value is -2.91. The molecule has 0 atom stereocenters. The van der Waals surface area contributed by atoms with E-state index >= 15 is 0 Å². The first-order chi connectivity index (χ1) is 13.3. The van der Waals surface area contributed by atoms with Gasteiger partial charge in [-0.3, -0.25) is 4.79 Å². The smallest absolute Gasteiger partial charge is 0.220 e. The van der Waals surface area contributed by atoms with Crippen molar-refractivity contribution >= 4 is 5.91 Å². The van der Waals surface area contributed by atoms with Crippen LogP contribution in [0.25, 0.3) is 11.1 Å². The molecule has 0 aliphatic rings. The third-order valence-corrected chi connectivity index (χ3v) is 4.64. The lowest BCUT2D eigenvalue weighted by molar-refractivity contribution is -0.121. The fourth-order valence-electron chi connectivity index (χ4n) is 3.21. The molecular formula is C24H26N2O. The van der Waals surface area contributed by atoms with Crippen molar-refractivity contribution in [1.82, 2.24) is 5.32 Å². The van der Waals surface area contributed by atoms with E-state index in [1.165, 1.54) is 22.3 Å². The molecule has 0 bridgehead atoms. The number of aryl methyl sites for hydroxylation is 1. The van der Waals surface area contributed by atoms with Crippen LogP contribution in [-0.2, 0) is 24.2 Å². The van der Waals surface area contributed by atoms with Crippen LogP contribution >= 0.6 is 0 Å². The van der Waals surface area contributed by atoms with Crippen molar-refractivity contribution in [1.29, 1.82) is 0 Å². The Balaban J connectivity index is 1.64. The van der Waals surface area contributed by atoms with Gasteiger partial charge < -0.3 is 11.1 Å². The Morgan fingerprint density at radius 3 is 2.37 bits per heavy atom. The quantitative estimate of drug-likeness (QED) is 0.637. The van der Waals surface area contributed by atoms with E-state index < -0.39 is 0 Å². The minimum absolute atomic E-state index is 0.0746. The third-order valence-electron chi connectivity index (χ3n) is 4.64. The normalized spacial score (nSPS) is 10.6. The molecule has 27 heavy (non-hydrogen) atoms. The molecule has 0 aliphatic heterocycles. The van der Waals surface area contributed by atoms with Gasteiger partial charge in [-0.05, 0) is 47.2 Å². The number of rotatable bonds is 8. The largest absolute Gasteiger partial charge is 0.352 e. The minimum atomic E-state index is 0.0746. The van der Waals surface area contributed by atoms with Crippen molar-refractivity contribution < 1.29 is 4.79 Å². The lowest BCUT2D eigenvalue weighted by Crippen LogP contribution is -2.23. The van der Waals surface area contributed by atoms with E-state index in [2.05, 4.69) is 41.7 Å². The van der Waals surface area contributed by atoms with Crippen LogP contribution in [0.4, 0.5) is 0 Å². The number of nitrogens with one attached hydrogen (secondary N) is 1. The molecule has 3 N–H and O–H groups in total. The second-order valence-corrected chi connectivity index (χ2v) is 6.66. The first-order valence-electron chi connectivity index (χ1n) is 9.44. The molecular weight excluding hydrogens is 332 g/mol. The van der Waals surface area contributed by atoms with Crippen LogP contribution in [0.2, 0.25) is 0 Å². The van der Waals surface area contributed by atoms with Gasteiger partial charge in [-0.15, -0.1) is 0 Å². The summed E-state index contributed by atoms with van der Waals surface area (Å²) in [5, 5.41) is 3.00. The topological polar surface area (TPSA) is 55.1 Å². The van der Waals surface area contributed by atoms with Gasteiger partial charge in [-0.2, -0.15) is 0 Å². The van der Waals surface area contributed by atoms with Crippen LogP contribution in [0.3, 0.4) is 0 Å². The van der Waals surface area contributed by atoms with Crippen LogP contribution in [0.5, 0.6) is 0 Å². The molecule has 0 aliphatic carbocycles. The first kappa shape index (κ1) is 18.9. The Morgan fingerprint density at radius 1 is 0.815 bits per heavy atom. The maximum atomic E-state index is 12.3. The SMILES string of the molecule is NCCc1cccc(-c2ccccc2CCC(=O)NCc2ccccc2)c1. The number of carbonyl (C=O) groups is 1. The molecule has 0 saturated heterocycles. The van der Waals surface area contributed by atoms with Crippen LogP contribution in [0, 0.1) is 0 Å². The average Bonchev–Trinajstić information content (AvgIpc) is 2.72. The van der Waals surface area contributed by atoms with Crippen molar-refractivity contribution in [2.45, 2.75) is 25.8 Å². The average molecular weight is 358 g/mol. The van der Waals surface area contributed by atoms with E-state index in [0.29, 0.717) is 19.5 Å². The number of hydrogen-bond acceptors (Lipinski definition) is 2. The van der Waals surface area contributed by atoms with Crippen LogP contribution < -0.4 is 11.1 Å². The Labute approximate surface area is 161 Å². The molecule has 3 nitrogen and oxygen atoms in total. The molecule has 3 aromatic carbocycles. The highest BCUT2D eigenvalue weighted by molar-refractivity contribution is 5.77. The predicted molar refractivity (Wildman–Crippen MR) is 111 cm³/mol. The summed E-state index contributed by atoms with van der Waals surface area (Å²) in [4.78, 5) is 12.3. The standard InChI is InChI=1S/C24H26N2O/c25-16-15-19-9-6-11-22(17-19)23-12-5-4-10-21(23)13-14-24(27)26-18-20-7-2-1-3-8-20/h1-12,17H,13-16,18,25H2,(H,26,27). The highest BCUT2D eigenvalue weighted by atomic mass is 16.1. The Morgan fingerprint density at radius 2 is 1.56 bits per heavy atom. The molecule has 0 radical (unpaired) electrons. The van der Waals surface area contributed by atoms with Gasteiger partial charge in [-0.25, -0.2) is 0 Å². The predicted octanol–water partition coefficient (Wildman–Crippen LogP) is 4.10.